The summed E-state index contributed by atoms with van der Waals surface area (Å²) in [5, 5.41) is 17.5. The van der Waals surface area contributed by atoms with E-state index in [-0.39, 0.29) is 10.6 Å². The zero-order valence-corrected chi connectivity index (χ0v) is 11.7. The summed E-state index contributed by atoms with van der Waals surface area (Å²) >= 11 is 0. The number of methoxy groups -OCH3 is 2. The van der Waals surface area contributed by atoms with Crippen LogP contribution in [-0.4, -0.2) is 51.5 Å². The number of nitrogens with one attached hydrogen (secondary N) is 1. The van der Waals surface area contributed by atoms with Gasteiger partial charge in [-0.2, -0.15) is 0 Å². The van der Waals surface area contributed by atoms with E-state index in [9.17, 15) is 13.2 Å². The van der Waals surface area contributed by atoms with Gasteiger partial charge in [-0.3, -0.25) is 0 Å². The van der Waals surface area contributed by atoms with Crippen molar-refractivity contribution >= 4 is 16.0 Å². The number of aliphatic hydroxyl groups is 1. The molecular weight excluding hydrogens is 290 g/mol. The van der Waals surface area contributed by atoms with Crippen molar-refractivity contribution < 1.29 is 32.9 Å². The maximum atomic E-state index is 11.9. The third-order valence-electron chi connectivity index (χ3n) is 2.42. The molecule has 1 atom stereocenters. The highest BCUT2D eigenvalue weighted by Crippen LogP contribution is 2.29. The molecule has 9 heteroatoms. The highest BCUT2D eigenvalue weighted by atomic mass is 32.2. The Kier molecular flexibility index (Phi) is 5.31. The van der Waals surface area contributed by atoms with Gasteiger partial charge >= 0.3 is 5.97 Å². The van der Waals surface area contributed by atoms with E-state index in [1.807, 2.05) is 4.72 Å². The lowest BCUT2D eigenvalue weighted by atomic mass is 10.3. The third-order valence-corrected chi connectivity index (χ3v) is 3.84. The van der Waals surface area contributed by atoms with Crippen molar-refractivity contribution in [3.8, 4) is 11.5 Å². The van der Waals surface area contributed by atoms with E-state index in [4.69, 9.17) is 19.7 Å². The van der Waals surface area contributed by atoms with E-state index in [0.29, 0.717) is 5.75 Å². The van der Waals surface area contributed by atoms with Gasteiger partial charge in [0.1, 0.15) is 0 Å². The number of carbonyl (C=O) groups is 1. The molecular formula is C11H15NO7S. The molecule has 1 rings (SSSR count). The number of benzene rings is 1. The first kappa shape index (κ1) is 16.2. The van der Waals surface area contributed by atoms with Crippen molar-refractivity contribution in [3.05, 3.63) is 18.2 Å². The van der Waals surface area contributed by atoms with Crippen molar-refractivity contribution in [1.29, 1.82) is 0 Å². The molecule has 20 heavy (non-hydrogen) atoms. The fourth-order valence-corrected chi connectivity index (χ4v) is 2.40. The smallest absolute Gasteiger partial charge is 0.333 e. The number of rotatable bonds is 7. The lowest BCUT2D eigenvalue weighted by Gasteiger charge is -2.11. The zero-order chi connectivity index (χ0) is 15.3. The second kappa shape index (κ2) is 6.55. The van der Waals surface area contributed by atoms with E-state index >= 15 is 0 Å². The Balaban J connectivity index is 2.95. The van der Waals surface area contributed by atoms with Gasteiger partial charge in [-0.1, -0.05) is 0 Å². The first-order valence-electron chi connectivity index (χ1n) is 5.44. The van der Waals surface area contributed by atoms with Crippen molar-refractivity contribution in [2.24, 2.45) is 0 Å². The van der Waals surface area contributed by atoms with Crippen molar-refractivity contribution in [1.82, 2.24) is 4.72 Å². The molecule has 0 unspecified atom stereocenters. The topological polar surface area (TPSA) is 122 Å². The van der Waals surface area contributed by atoms with Gasteiger partial charge in [0.25, 0.3) is 0 Å². The lowest BCUT2D eigenvalue weighted by Crippen LogP contribution is -2.36. The molecule has 0 saturated heterocycles. The molecule has 3 N–H and O–H groups in total. The number of carboxylic acids is 1. The normalized spacial score (nSPS) is 12.8. The number of carboxylic acid groups (broad SMARTS) is 1. The van der Waals surface area contributed by atoms with E-state index in [1.54, 1.807) is 0 Å². The molecule has 0 aliphatic carbocycles. The number of aliphatic hydroxyl groups excluding tert-OH is 1. The Morgan fingerprint density at radius 2 is 1.90 bits per heavy atom. The summed E-state index contributed by atoms with van der Waals surface area (Å²) in [5.41, 5.74) is 0. The fourth-order valence-electron chi connectivity index (χ4n) is 1.34. The number of ether oxygens (including phenoxy) is 2. The van der Waals surface area contributed by atoms with E-state index in [2.05, 4.69) is 0 Å². The Morgan fingerprint density at radius 1 is 1.30 bits per heavy atom. The molecule has 0 aliphatic rings. The molecule has 0 fully saturated rings. The second-order valence-corrected chi connectivity index (χ2v) is 5.49. The summed E-state index contributed by atoms with van der Waals surface area (Å²) in [6.45, 7) is -0.633. The van der Waals surface area contributed by atoms with Crippen molar-refractivity contribution in [2.45, 2.75) is 11.0 Å². The first-order valence-corrected chi connectivity index (χ1v) is 6.92. The molecule has 1 aromatic rings. The molecule has 0 spiro atoms. The molecule has 8 nitrogen and oxygen atoms in total. The molecule has 0 heterocycles. The van der Waals surface area contributed by atoms with Crippen LogP contribution in [0.25, 0.3) is 0 Å². The predicted octanol–water partition coefficient (Wildman–Crippen LogP) is -0.572. The predicted molar refractivity (Wildman–Crippen MR) is 68.4 cm³/mol. The minimum Gasteiger partial charge on any atom is -0.493 e. The van der Waals surface area contributed by atoms with Gasteiger partial charge in [-0.25, -0.2) is 17.9 Å². The summed E-state index contributed by atoms with van der Waals surface area (Å²) in [4.78, 5) is 10.3. The summed E-state index contributed by atoms with van der Waals surface area (Å²) in [6.07, 6.45) is -1.81. The van der Waals surface area contributed by atoms with Crippen molar-refractivity contribution in [3.63, 3.8) is 0 Å². The Hall–Kier alpha value is -1.84. The quantitative estimate of drug-likeness (QED) is 0.616. The standard InChI is InChI=1S/C11H15NO7S/c1-18-9-4-3-7(5-10(9)19-2)20(16,17)12-6-8(13)11(14)15/h3-5,8,12-13H,6H2,1-2H3,(H,14,15)/t8-/m0/s1. The molecule has 0 radical (unpaired) electrons. The van der Waals surface area contributed by atoms with Crippen LogP contribution in [0.5, 0.6) is 11.5 Å². The molecule has 112 valence electrons. The summed E-state index contributed by atoms with van der Waals surface area (Å²) in [6, 6.07) is 3.91. The van der Waals surface area contributed by atoms with Gasteiger partial charge < -0.3 is 19.7 Å². The Morgan fingerprint density at radius 3 is 2.40 bits per heavy atom. The van der Waals surface area contributed by atoms with Gasteiger partial charge in [-0.05, 0) is 12.1 Å². The maximum absolute atomic E-state index is 11.9. The fraction of sp³-hybridized carbons (Fsp3) is 0.364. The molecule has 0 amide bonds. The lowest BCUT2D eigenvalue weighted by molar-refractivity contribution is -0.146. The summed E-state index contributed by atoms with van der Waals surface area (Å²) in [7, 11) is -1.19. The Labute approximate surface area is 116 Å². The third kappa shape index (κ3) is 3.83. The van der Waals surface area contributed by atoms with Crippen LogP contribution in [0.15, 0.2) is 23.1 Å². The number of sulfonamides is 1. The SMILES string of the molecule is COc1ccc(S(=O)(=O)NC[C@H](O)C(=O)O)cc1OC. The van der Waals surface area contributed by atoms with Crippen LogP contribution in [-0.2, 0) is 14.8 Å². The van der Waals surface area contributed by atoms with Crippen LogP contribution < -0.4 is 14.2 Å². The highest BCUT2D eigenvalue weighted by molar-refractivity contribution is 7.89. The maximum Gasteiger partial charge on any atom is 0.333 e. The highest BCUT2D eigenvalue weighted by Gasteiger charge is 2.20. The van der Waals surface area contributed by atoms with Gasteiger partial charge in [0, 0.05) is 12.6 Å². The minimum atomic E-state index is -3.96. The first-order chi connectivity index (χ1) is 9.31. The number of aliphatic carboxylic acids is 1. The molecule has 0 saturated carbocycles. The van der Waals surface area contributed by atoms with Crippen LogP contribution in [0.4, 0.5) is 0 Å². The van der Waals surface area contributed by atoms with Gasteiger partial charge in [0.15, 0.2) is 17.6 Å². The van der Waals surface area contributed by atoms with Gasteiger partial charge in [0.2, 0.25) is 10.0 Å². The molecule has 0 aromatic heterocycles. The van der Waals surface area contributed by atoms with Crippen LogP contribution in [0, 0.1) is 0 Å². The number of hydrogen-bond acceptors (Lipinski definition) is 6. The monoisotopic (exact) mass is 305 g/mol. The average molecular weight is 305 g/mol. The number of hydrogen-bond donors (Lipinski definition) is 3. The molecule has 0 bridgehead atoms. The van der Waals surface area contributed by atoms with E-state index in [0.717, 1.165) is 0 Å². The van der Waals surface area contributed by atoms with Crippen LogP contribution >= 0.6 is 0 Å². The largest absolute Gasteiger partial charge is 0.493 e. The zero-order valence-electron chi connectivity index (χ0n) is 10.9. The van der Waals surface area contributed by atoms with Crippen molar-refractivity contribution in [2.75, 3.05) is 20.8 Å². The van der Waals surface area contributed by atoms with E-state index < -0.39 is 28.6 Å². The van der Waals surface area contributed by atoms with Gasteiger partial charge in [-0.15, -0.1) is 0 Å². The van der Waals surface area contributed by atoms with Crippen LogP contribution in [0.1, 0.15) is 0 Å². The second-order valence-electron chi connectivity index (χ2n) is 3.72. The van der Waals surface area contributed by atoms with E-state index in [1.165, 1.54) is 32.4 Å². The summed E-state index contributed by atoms with van der Waals surface area (Å²) in [5.74, 6) is -0.939. The average Bonchev–Trinajstić information content (AvgIpc) is 2.43. The molecule has 1 aromatic carbocycles. The van der Waals surface area contributed by atoms with Crippen LogP contribution in [0.2, 0.25) is 0 Å². The Bertz CT molecular complexity index is 584. The molecule has 0 aliphatic heterocycles. The summed E-state index contributed by atoms with van der Waals surface area (Å²) < 4.78 is 35.8. The minimum absolute atomic E-state index is 0.132. The van der Waals surface area contributed by atoms with Crippen LogP contribution in [0.3, 0.4) is 0 Å². The van der Waals surface area contributed by atoms with Gasteiger partial charge in [0.05, 0.1) is 19.1 Å².